The summed E-state index contributed by atoms with van der Waals surface area (Å²) < 4.78 is 5.83. The van der Waals surface area contributed by atoms with Crippen molar-refractivity contribution in [2.24, 2.45) is 0 Å². The van der Waals surface area contributed by atoms with Crippen molar-refractivity contribution in [2.45, 2.75) is 19.4 Å². The summed E-state index contributed by atoms with van der Waals surface area (Å²) in [5.41, 5.74) is -0.0809. The molecule has 0 saturated carbocycles. The fourth-order valence-corrected chi connectivity index (χ4v) is 1.73. The van der Waals surface area contributed by atoms with E-state index in [9.17, 15) is 0 Å². The van der Waals surface area contributed by atoms with Crippen LogP contribution in [0.25, 0.3) is 10.8 Å². The molecule has 1 aromatic heterocycles. The number of rotatable bonds is 4. The molecule has 0 N–H and O–H groups in total. The van der Waals surface area contributed by atoms with Gasteiger partial charge in [0.1, 0.15) is 6.61 Å². The molecule has 0 unspecified atom stereocenters. The number of likely N-dealkylation sites (N-methyl/N-ethyl adjacent to an activating group) is 1. The number of ether oxygens (including phenoxy) is 1. The van der Waals surface area contributed by atoms with Gasteiger partial charge in [0, 0.05) is 16.3 Å². The highest BCUT2D eigenvalue weighted by atomic mass is 35.5. The lowest BCUT2D eigenvalue weighted by Crippen LogP contribution is -2.43. The standard InChI is InChI=1S/C14H18ClN3O/c1-14(2,18(3)4)9-19-13-11-8-6-5-7-10(11)12(15)16-17-13/h5-8H,9H2,1-4H3. The molecule has 0 atom stereocenters. The summed E-state index contributed by atoms with van der Waals surface area (Å²) in [6, 6.07) is 7.71. The quantitative estimate of drug-likeness (QED) is 0.862. The van der Waals surface area contributed by atoms with Crippen molar-refractivity contribution in [3.05, 3.63) is 29.4 Å². The van der Waals surface area contributed by atoms with Gasteiger partial charge in [-0.3, -0.25) is 0 Å². The lowest BCUT2D eigenvalue weighted by atomic mass is 10.1. The Balaban J connectivity index is 2.29. The van der Waals surface area contributed by atoms with E-state index in [4.69, 9.17) is 16.3 Å². The highest BCUT2D eigenvalue weighted by Crippen LogP contribution is 2.27. The number of halogens is 1. The van der Waals surface area contributed by atoms with Gasteiger partial charge in [0.05, 0.1) is 0 Å². The molecule has 0 amide bonds. The van der Waals surface area contributed by atoms with Gasteiger partial charge in [-0.15, -0.1) is 10.2 Å². The third-order valence-corrected chi connectivity index (χ3v) is 3.66. The van der Waals surface area contributed by atoms with Crippen molar-refractivity contribution in [3.8, 4) is 5.88 Å². The Morgan fingerprint density at radius 3 is 2.42 bits per heavy atom. The fourth-order valence-electron chi connectivity index (χ4n) is 1.53. The van der Waals surface area contributed by atoms with Gasteiger partial charge in [-0.25, -0.2) is 0 Å². The molecule has 0 radical (unpaired) electrons. The van der Waals surface area contributed by atoms with E-state index >= 15 is 0 Å². The highest BCUT2D eigenvalue weighted by Gasteiger charge is 2.22. The molecule has 1 heterocycles. The van der Waals surface area contributed by atoms with Crippen LogP contribution in [-0.2, 0) is 0 Å². The third kappa shape index (κ3) is 2.96. The molecule has 1 aromatic carbocycles. The van der Waals surface area contributed by atoms with E-state index in [0.29, 0.717) is 17.6 Å². The molecule has 0 bridgehead atoms. The van der Waals surface area contributed by atoms with E-state index in [2.05, 4.69) is 28.9 Å². The molecule has 0 aliphatic heterocycles. The van der Waals surface area contributed by atoms with Crippen LogP contribution in [-0.4, -0.2) is 41.3 Å². The number of nitrogens with zero attached hydrogens (tertiary/aromatic N) is 3. The van der Waals surface area contributed by atoms with E-state index in [1.54, 1.807) is 0 Å². The van der Waals surface area contributed by atoms with Gasteiger partial charge in [0.15, 0.2) is 5.15 Å². The second kappa shape index (κ2) is 5.31. The molecule has 0 spiro atoms. The van der Waals surface area contributed by atoms with E-state index < -0.39 is 0 Å². The number of fused-ring (bicyclic) bond motifs is 1. The van der Waals surface area contributed by atoms with Gasteiger partial charge in [-0.05, 0) is 34.0 Å². The highest BCUT2D eigenvalue weighted by molar-refractivity contribution is 6.34. The van der Waals surface area contributed by atoms with Crippen LogP contribution in [0.5, 0.6) is 5.88 Å². The van der Waals surface area contributed by atoms with Gasteiger partial charge in [0.25, 0.3) is 0 Å². The van der Waals surface area contributed by atoms with Crippen molar-refractivity contribution in [1.29, 1.82) is 0 Å². The summed E-state index contributed by atoms with van der Waals surface area (Å²) in [7, 11) is 4.05. The summed E-state index contributed by atoms with van der Waals surface area (Å²) in [5, 5.41) is 10.1. The van der Waals surface area contributed by atoms with Gasteiger partial charge in [0.2, 0.25) is 5.88 Å². The molecule has 0 saturated heterocycles. The smallest absolute Gasteiger partial charge is 0.241 e. The van der Waals surface area contributed by atoms with Gasteiger partial charge < -0.3 is 9.64 Å². The molecular weight excluding hydrogens is 262 g/mol. The Morgan fingerprint density at radius 1 is 1.16 bits per heavy atom. The van der Waals surface area contributed by atoms with Crippen LogP contribution >= 0.6 is 11.6 Å². The minimum absolute atomic E-state index is 0.0809. The Labute approximate surface area is 118 Å². The monoisotopic (exact) mass is 279 g/mol. The van der Waals surface area contributed by atoms with Gasteiger partial charge in [-0.2, -0.15) is 0 Å². The minimum atomic E-state index is -0.0809. The minimum Gasteiger partial charge on any atom is -0.474 e. The largest absolute Gasteiger partial charge is 0.474 e. The topological polar surface area (TPSA) is 38.2 Å². The van der Waals surface area contributed by atoms with Crippen LogP contribution in [0.3, 0.4) is 0 Å². The molecule has 4 nitrogen and oxygen atoms in total. The predicted octanol–water partition coefficient (Wildman–Crippen LogP) is 3.00. The molecule has 19 heavy (non-hydrogen) atoms. The zero-order valence-corrected chi connectivity index (χ0v) is 12.4. The number of benzene rings is 1. The first kappa shape index (κ1) is 14.0. The van der Waals surface area contributed by atoms with Gasteiger partial charge in [-0.1, -0.05) is 29.8 Å². The first-order valence-electron chi connectivity index (χ1n) is 6.13. The molecule has 0 aliphatic rings. The number of hydrogen-bond acceptors (Lipinski definition) is 4. The van der Waals surface area contributed by atoms with Crippen LogP contribution in [0.4, 0.5) is 0 Å². The maximum Gasteiger partial charge on any atom is 0.241 e. The van der Waals surface area contributed by atoms with Crippen molar-refractivity contribution >= 4 is 22.4 Å². The lowest BCUT2D eigenvalue weighted by molar-refractivity contribution is 0.111. The third-order valence-electron chi connectivity index (χ3n) is 3.38. The molecule has 5 heteroatoms. The van der Waals surface area contributed by atoms with Crippen molar-refractivity contribution in [2.75, 3.05) is 20.7 Å². The summed E-state index contributed by atoms with van der Waals surface area (Å²) in [6.07, 6.45) is 0. The van der Waals surface area contributed by atoms with Gasteiger partial charge >= 0.3 is 0 Å². The summed E-state index contributed by atoms with van der Waals surface area (Å²) in [4.78, 5) is 2.11. The van der Waals surface area contributed by atoms with Crippen LogP contribution in [0.1, 0.15) is 13.8 Å². The maximum absolute atomic E-state index is 6.03. The zero-order valence-electron chi connectivity index (χ0n) is 11.6. The van der Waals surface area contributed by atoms with Crippen LogP contribution < -0.4 is 4.74 Å². The molecule has 2 aromatic rings. The van der Waals surface area contributed by atoms with Crippen LogP contribution in [0.2, 0.25) is 5.15 Å². The molecule has 0 aliphatic carbocycles. The second-order valence-corrected chi connectivity index (χ2v) is 5.70. The normalized spacial score (nSPS) is 12.1. The average Bonchev–Trinajstić information content (AvgIpc) is 2.38. The summed E-state index contributed by atoms with van der Waals surface area (Å²) in [5.74, 6) is 0.523. The van der Waals surface area contributed by atoms with Crippen LogP contribution in [0.15, 0.2) is 24.3 Å². The summed E-state index contributed by atoms with van der Waals surface area (Å²) >= 11 is 6.03. The van der Waals surface area contributed by atoms with Crippen LogP contribution in [0, 0.1) is 0 Å². The SMILES string of the molecule is CN(C)C(C)(C)COc1nnc(Cl)c2ccccc12. The van der Waals surface area contributed by atoms with E-state index in [0.717, 1.165) is 10.8 Å². The van der Waals surface area contributed by atoms with Crippen molar-refractivity contribution in [3.63, 3.8) is 0 Å². The Morgan fingerprint density at radius 2 is 1.79 bits per heavy atom. The lowest BCUT2D eigenvalue weighted by Gasteiger charge is -2.31. The Bertz CT molecular complexity index is 584. The maximum atomic E-state index is 6.03. The van der Waals surface area contributed by atoms with E-state index in [1.807, 2.05) is 38.4 Å². The molecular formula is C14H18ClN3O. The molecule has 0 fully saturated rings. The molecule has 2 rings (SSSR count). The van der Waals surface area contributed by atoms with E-state index in [1.165, 1.54) is 0 Å². The first-order chi connectivity index (χ1) is 8.92. The second-order valence-electron chi connectivity index (χ2n) is 5.34. The Hall–Kier alpha value is -1.39. The van der Waals surface area contributed by atoms with Crippen molar-refractivity contribution < 1.29 is 4.74 Å². The number of hydrogen-bond donors (Lipinski definition) is 0. The fraction of sp³-hybridized carbons (Fsp3) is 0.429. The number of aromatic nitrogens is 2. The Kier molecular flexibility index (Phi) is 3.92. The average molecular weight is 280 g/mol. The van der Waals surface area contributed by atoms with Crippen molar-refractivity contribution in [1.82, 2.24) is 15.1 Å². The van der Waals surface area contributed by atoms with E-state index in [-0.39, 0.29) is 5.54 Å². The zero-order chi connectivity index (χ0) is 14.0. The molecule has 102 valence electrons. The predicted molar refractivity (Wildman–Crippen MR) is 77.8 cm³/mol. The summed E-state index contributed by atoms with van der Waals surface area (Å²) in [6.45, 7) is 4.75. The first-order valence-corrected chi connectivity index (χ1v) is 6.51.